The molecule has 4 nitrogen and oxygen atoms in total. The molecule has 0 radical (unpaired) electrons. The van der Waals surface area contributed by atoms with Crippen LogP contribution in [-0.4, -0.2) is 26.3 Å². The SMILES string of the molecule is Cc1ccc(CNS(=O)(=O)C(C)CNC(C)C)s1. The molecule has 1 rings (SSSR count). The Labute approximate surface area is 114 Å². The van der Waals surface area contributed by atoms with Crippen LogP contribution in [0.4, 0.5) is 0 Å². The van der Waals surface area contributed by atoms with E-state index in [0.717, 1.165) is 4.88 Å². The average Bonchev–Trinajstić information content (AvgIpc) is 2.69. The van der Waals surface area contributed by atoms with Crippen LogP contribution in [0.3, 0.4) is 0 Å². The first-order valence-corrected chi connectivity index (χ1v) is 8.44. The highest BCUT2D eigenvalue weighted by Crippen LogP contribution is 2.15. The summed E-state index contributed by atoms with van der Waals surface area (Å²) in [6.07, 6.45) is 0. The lowest BCUT2D eigenvalue weighted by Crippen LogP contribution is -2.40. The average molecular weight is 290 g/mol. The van der Waals surface area contributed by atoms with Gasteiger partial charge in [0, 0.05) is 28.9 Å². The third-order valence-corrected chi connectivity index (χ3v) is 5.36. The molecule has 1 unspecified atom stereocenters. The van der Waals surface area contributed by atoms with Gasteiger partial charge in [-0.3, -0.25) is 0 Å². The fourth-order valence-electron chi connectivity index (χ4n) is 1.41. The highest BCUT2D eigenvalue weighted by Gasteiger charge is 2.20. The molecule has 104 valence electrons. The quantitative estimate of drug-likeness (QED) is 0.806. The van der Waals surface area contributed by atoms with Gasteiger partial charge >= 0.3 is 0 Å². The molecule has 2 N–H and O–H groups in total. The van der Waals surface area contributed by atoms with E-state index in [9.17, 15) is 8.42 Å². The standard InChI is InChI=1S/C12H22N2O2S2/c1-9(2)13-7-11(4)18(15,16)14-8-12-6-5-10(3)17-12/h5-6,9,11,13-14H,7-8H2,1-4H3. The maximum atomic E-state index is 12.0. The summed E-state index contributed by atoms with van der Waals surface area (Å²) >= 11 is 1.62. The molecule has 0 aliphatic rings. The molecule has 0 aliphatic carbocycles. The number of rotatable bonds is 7. The van der Waals surface area contributed by atoms with Crippen molar-refractivity contribution < 1.29 is 8.42 Å². The van der Waals surface area contributed by atoms with E-state index in [-0.39, 0.29) is 0 Å². The van der Waals surface area contributed by atoms with Gasteiger partial charge in [-0.25, -0.2) is 13.1 Å². The molecule has 0 saturated carbocycles. The zero-order valence-corrected chi connectivity index (χ0v) is 13.0. The number of aryl methyl sites for hydroxylation is 1. The van der Waals surface area contributed by atoms with Gasteiger partial charge in [0.1, 0.15) is 0 Å². The van der Waals surface area contributed by atoms with Gasteiger partial charge in [0.25, 0.3) is 0 Å². The molecular weight excluding hydrogens is 268 g/mol. The van der Waals surface area contributed by atoms with E-state index in [1.165, 1.54) is 4.88 Å². The molecule has 0 spiro atoms. The predicted molar refractivity (Wildman–Crippen MR) is 77.4 cm³/mol. The van der Waals surface area contributed by atoms with Crippen LogP contribution < -0.4 is 10.0 Å². The minimum Gasteiger partial charge on any atom is -0.313 e. The van der Waals surface area contributed by atoms with Crippen molar-refractivity contribution in [1.82, 2.24) is 10.0 Å². The van der Waals surface area contributed by atoms with Crippen LogP contribution in [0.1, 0.15) is 30.5 Å². The van der Waals surface area contributed by atoms with Gasteiger partial charge in [-0.15, -0.1) is 11.3 Å². The lowest BCUT2D eigenvalue weighted by atomic mass is 10.3. The molecule has 0 saturated heterocycles. The summed E-state index contributed by atoms with van der Waals surface area (Å²) in [5, 5.41) is 2.71. The monoisotopic (exact) mass is 290 g/mol. The number of thiophene rings is 1. The molecule has 1 aromatic rings. The topological polar surface area (TPSA) is 58.2 Å². The van der Waals surface area contributed by atoms with Crippen molar-refractivity contribution in [3.05, 3.63) is 21.9 Å². The molecule has 0 aromatic carbocycles. The normalized spacial score (nSPS) is 14.1. The first-order chi connectivity index (χ1) is 8.31. The van der Waals surface area contributed by atoms with Gasteiger partial charge in [0.05, 0.1) is 5.25 Å². The summed E-state index contributed by atoms with van der Waals surface area (Å²) in [6, 6.07) is 4.25. The highest BCUT2D eigenvalue weighted by atomic mass is 32.2. The van der Waals surface area contributed by atoms with Crippen molar-refractivity contribution in [2.45, 2.75) is 45.5 Å². The second kappa shape index (κ2) is 6.65. The second-order valence-electron chi connectivity index (χ2n) is 4.75. The third-order valence-electron chi connectivity index (χ3n) is 2.59. The van der Waals surface area contributed by atoms with Gasteiger partial charge < -0.3 is 5.32 Å². The van der Waals surface area contributed by atoms with Gasteiger partial charge in [0.2, 0.25) is 10.0 Å². The van der Waals surface area contributed by atoms with E-state index in [1.54, 1.807) is 18.3 Å². The van der Waals surface area contributed by atoms with E-state index in [0.29, 0.717) is 19.1 Å². The Morgan fingerprint density at radius 2 is 1.94 bits per heavy atom. The molecule has 0 amide bonds. The van der Waals surface area contributed by atoms with E-state index in [4.69, 9.17) is 0 Å². The first kappa shape index (κ1) is 15.6. The molecular formula is C12H22N2O2S2. The lowest BCUT2D eigenvalue weighted by molar-refractivity contribution is 0.541. The van der Waals surface area contributed by atoms with Crippen molar-refractivity contribution in [1.29, 1.82) is 0 Å². The summed E-state index contributed by atoms with van der Waals surface area (Å²) in [5.41, 5.74) is 0. The largest absolute Gasteiger partial charge is 0.313 e. The minimum atomic E-state index is -3.25. The van der Waals surface area contributed by atoms with E-state index in [2.05, 4.69) is 10.0 Å². The van der Waals surface area contributed by atoms with Crippen LogP contribution in [0.15, 0.2) is 12.1 Å². The molecule has 6 heteroatoms. The fourth-order valence-corrected chi connectivity index (χ4v) is 3.28. The van der Waals surface area contributed by atoms with Crippen molar-refractivity contribution in [3.63, 3.8) is 0 Å². The predicted octanol–water partition coefficient (Wildman–Crippen LogP) is 1.86. The molecule has 0 bridgehead atoms. The number of nitrogens with one attached hydrogen (secondary N) is 2. The minimum absolute atomic E-state index is 0.294. The van der Waals surface area contributed by atoms with Crippen molar-refractivity contribution in [2.75, 3.05) is 6.54 Å². The Balaban J connectivity index is 2.48. The van der Waals surface area contributed by atoms with Gasteiger partial charge in [-0.2, -0.15) is 0 Å². The first-order valence-electron chi connectivity index (χ1n) is 6.08. The van der Waals surface area contributed by atoms with E-state index < -0.39 is 15.3 Å². The van der Waals surface area contributed by atoms with Crippen LogP contribution in [0.25, 0.3) is 0 Å². The zero-order chi connectivity index (χ0) is 13.8. The number of hydrogen-bond donors (Lipinski definition) is 2. The summed E-state index contributed by atoms with van der Waals surface area (Å²) < 4.78 is 26.6. The fraction of sp³-hybridized carbons (Fsp3) is 0.667. The van der Waals surface area contributed by atoms with Gasteiger partial charge in [0.15, 0.2) is 0 Å². The van der Waals surface area contributed by atoms with Crippen LogP contribution in [0.5, 0.6) is 0 Å². The van der Waals surface area contributed by atoms with Crippen LogP contribution in [0.2, 0.25) is 0 Å². The zero-order valence-electron chi connectivity index (χ0n) is 11.4. The summed E-state index contributed by atoms with van der Waals surface area (Å²) in [7, 11) is -3.25. The van der Waals surface area contributed by atoms with Crippen LogP contribution in [0, 0.1) is 6.92 Å². The smallest absolute Gasteiger partial charge is 0.215 e. The van der Waals surface area contributed by atoms with E-state index in [1.807, 2.05) is 32.9 Å². The summed E-state index contributed by atoms with van der Waals surface area (Å²) in [6.45, 7) is 8.58. The Kier molecular flexibility index (Phi) is 5.78. The molecule has 18 heavy (non-hydrogen) atoms. The molecule has 1 heterocycles. The Morgan fingerprint density at radius 3 is 2.44 bits per heavy atom. The summed E-state index contributed by atoms with van der Waals surface area (Å²) in [5.74, 6) is 0. The van der Waals surface area contributed by atoms with Gasteiger partial charge in [-0.05, 0) is 26.0 Å². The number of hydrogen-bond acceptors (Lipinski definition) is 4. The molecule has 0 fully saturated rings. The Morgan fingerprint density at radius 1 is 1.28 bits per heavy atom. The van der Waals surface area contributed by atoms with E-state index >= 15 is 0 Å². The number of sulfonamides is 1. The Hall–Kier alpha value is -0.430. The molecule has 0 aliphatic heterocycles. The lowest BCUT2D eigenvalue weighted by Gasteiger charge is -2.16. The summed E-state index contributed by atoms with van der Waals surface area (Å²) in [4.78, 5) is 2.24. The van der Waals surface area contributed by atoms with Gasteiger partial charge in [-0.1, -0.05) is 13.8 Å². The van der Waals surface area contributed by atoms with Crippen molar-refractivity contribution >= 4 is 21.4 Å². The molecule has 1 aromatic heterocycles. The van der Waals surface area contributed by atoms with Crippen molar-refractivity contribution in [2.24, 2.45) is 0 Å². The molecule has 1 atom stereocenters. The van der Waals surface area contributed by atoms with Crippen LogP contribution >= 0.6 is 11.3 Å². The maximum Gasteiger partial charge on any atom is 0.215 e. The Bertz CT molecular complexity index is 466. The van der Waals surface area contributed by atoms with Crippen LogP contribution in [-0.2, 0) is 16.6 Å². The third kappa shape index (κ3) is 5.06. The highest BCUT2D eigenvalue weighted by molar-refractivity contribution is 7.90. The maximum absolute atomic E-state index is 12.0. The second-order valence-corrected chi connectivity index (χ2v) is 8.31. The van der Waals surface area contributed by atoms with Crippen molar-refractivity contribution in [3.8, 4) is 0 Å².